The van der Waals surface area contributed by atoms with Gasteiger partial charge in [-0.2, -0.15) is 5.10 Å². The summed E-state index contributed by atoms with van der Waals surface area (Å²) >= 11 is 0. The van der Waals surface area contributed by atoms with Gasteiger partial charge in [0.15, 0.2) is 0 Å². The number of carbonyl (C=O) groups is 2. The lowest BCUT2D eigenvalue weighted by molar-refractivity contribution is -0.135. The first kappa shape index (κ1) is 23.0. The van der Waals surface area contributed by atoms with Gasteiger partial charge >= 0.3 is 0 Å². The van der Waals surface area contributed by atoms with Crippen LogP contribution in [0.5, 0.6) is 0 Å². The van der Waals surface area contributed by atoms with Crippen LogP contribution < -0.4 is 0 Å². The van der Waals surface area contributed by atoms with Crippen molar-refractivity contribution in [1.29, 1.82) is 0 Å². The monoisotopic (exact) mass is 454 g/mol. The van der Waals surface area contributed by atoms with Crippen molar-refractivity contribution in [3.05, 3.63) is 71.3 Å². The number of amides is 2. The van der Waals surface area contributed by atoms with Crippen LogP contribution in [0.2, 0.25) is 0 Å². The van der Waals surface area contributed by atoms with Crippen molar-refractivity contribution in [3.8, 4) is 0 Å². The third kappa shape index (κ3) is 4.66. The molecule has 8 heteroatoms. The maximum atomic E-state index is 14.6. The molecule has 174 valence electrons. The van der Waals surface area contributed by atoms with Gasteiger partial charge in [-0.3, -0.25) is 14.5 Å². The molecule has 2 aliphatic heterocycles. The van der Waals surface area contributed by atoms with E-state index in [1.807, 2.05) is 30.3 Å². The van der Waals surface area contributed by atoms with E-state index in [0.29, 0.717) is 38.2 Å². The summed E-state index contributed by atoms with van der Waals surface area (Å²) in [6, 6.07) is 12.9. The first-order valence-corrected chi connectivity index (χ1v) is 11.2. The van der Waals surface area contributed by atoms with Crippen LogP contribution in [0.15, 0.2) is 53.6 Å². The molecule has 0 saturated carbocycles. The molecule has 0 radical (unpaired) electrons. The van der Waals surface area contributed by atoms with Gasteiger partial charge < -0.3 is 4.90 Å². The van der Waals surface area contributed by atoms with Crippen molar-refractivity contribution in [2.75, 3.05) is 33.2 Å². The molecule has 1 atom stereocenters. The first-order valence-electron chi connectivity index (χ1n) is 11.2. The molecule has 4 rings (SSSR count). The maximum Gasteiger partial charge on any atom is 0.240 e. The molecule has 0 unspecified atom stereocenters. The molecule has 33 heavy (non-hydrogen) atoms. The number of benzene rings is 2. The highest BCUT2D eigenvalue weighted by molar-refractivity contribution is 6.04. The van der Waals surface area contributed by atoms with Gasteiger partial charge in [-0.1, -0.05) is 30.3 Å². The average Bonchev–Trinajstić information content (AvgIpc) is 3.19. The molecule has 2 heterocycles. The van der Waals surface area contributed by atoms with Gasteiger partial charge in [-0.05, 0) is 43.1 Å². The predicted octanol–water partition coefficient (Wildman–Crippen LogP) is 3.37. The van der Waals surface area contributed by atoms with Gasteiger partial charge in [-0.15, -0.1) is 0 Å². The highest BCUT2D eigenvalue weighted by Crippen LogP contribution is 2.43. The smallest absolute Gasteiger partial charge is 0.240 e. The average molecular weight is 455 g/mol. The van der Waals surface area contributed by atoms with Gasteiger partial charge in [0, 0.05) is 39.0 Å². The van der Waals surface area contributed by atoms with Crippen LogP contribution in [-0.4, -0.2) is 65.6 Å². The molecule has 0 aromatic heterocycles. The fourth-order valence-electron chi connectivity index (χ4n) is 4.75. The highest BCUT2D eigenvalue weighted by Gasteiger charge is 2.46. The zero-order valence-electron chi connectivity index (χ0n) is 18.9. The van der Waals surface area contributed by atoms with E-state index < -0.39 is 17.2 Å². The molecule has 0 spiro atoms. The molecule has 1 saturated heterocycles. The normalized spacial score (nSPS) is 21.5. The number of likely N-dealkylation sites (N-methyl/N-ethyl adjacent to an activating group) is 1. The number of hydrogen-bond acceptors (Lipinski definition) is 4. The van der Waals surface area contributed by atoms with Gasteiger partial charge in [0.25, 0.3) is 0 Å². The van der Waals surface area contributed by atoms with E-state index in [4.69, 9.17) is 0 Å². The maximum absolute atomic E-state index is 14.6. The molecular weight excluding hydrogens is 426 g/mol. The lowest BCUT2D eigenvalue weighted by Crippen LogP contribution is -2.49. The fraction of sp³-hybridized carbons (Fsp3) is 0.400. The minimum Gasteiger partial charge on any atom is -0.343 e. The third-order valence-corrected chi connectivity index (χ3v) is 6.54. The Morgan fingerprint density at radius 1 is 1.12 bits per heavy atom. The van der Waals surface area contributed by atoms with E-state index in [1.54, 1.807) is 11.9 Å². The molecule has 1 fully saturated rings. The second-order valence-electron chi connectivity index (χ2n) is 8.77. The largest absolute Gasteiger partial charge is 0.343 e. The molecule has 0 aliphatic carbocycles. The van der Waals surface area contributed by atoms with Gasteiger partial charge in [0.2, 0.25) is 11.8 Å². The van der Waals surface area contributed by atoms with Crippen LogP contribution in [0, 0.1) is 11.6 Å². The van der Waals surface area contributed by atoms with Crippen LogP contribution in [0.4, 0.5) is 8.78 Å². The summed E-state index contributed by atoms with van der Waals surface area (Å²) in [5, 5.41) is 5.92. The SMILES string of the molecule is CC(=O)N1N=C(c2cc(F)ccc2F)C[C@@]1(CCCN1CCN(C)C(=O)C1)c1ccccc1. The Hall–Kier alpha value is -3.13. The van der Waals surface area contributed by atoms with Gasteiger partial charge in [0.1, 0.15) is 11.6 Å². The summed E-state index contributed by atoms with van der Waals surface area (Å²) < 4.78 is 28.5. The number of hydrogen-bond donors (Lipinski definition) is 0. The van der Waals surface area contributed by atoms with E-state index in [9.17, 15) is 18.4 Å². The van der Waals surface area contributed by atoms with Crippen LogP contribution in [0.1, 0.15) is 37.3 Å². The Labute approximate surface area is 192 Å². The van der Waals surface area contributed by atoms with Crippen LogP contribution in [-0.2, 0) is 15.1 Å². The number of nitrogens with zero attached hydrogens (tertiary/aromatic N) is 4. The van der Waals surface area contributed by atoms with Crippen molar-refractivity contribution in [3.63, 3.8) is 0 Å². The quantitative estimate of drug-likeness (QED) is 0.673. The van der Waals surface area contributed by atoms with Crippen LogP contribution in [0.3, 0.4) is 0 Å². The number of piperazine rings is 1. The zero-order valence-corrected chi connectivity index (χ0v) is 18.9. The lowest BCUT2D eigenvalue weighted by Gasteiger charge is -2.38. The standard InChI is InChI=1S/C25H28F2N4O2/c1-18(32)31-25(19-7-4-3-5-8-19,11-6-12-30-14-13-29(2)24(33)17-30)16-23(28-31)21-15-20(26)9-10-22(21)27/h3-5,7-10,15H,6,11-14,16-17H2,1-2H3/t25-/m0/s1. The number of halogens is 2. The fourth-order valence-corrected chi connectivity index (χ4v) is 4.75. The first-order chi connectivity index (χ1) is 15.8. The van der Waals surface area contributed by atoms with Crippen molar-refractivity contribution in [1.82, 2.24) is 14.8 Å². The Morgan fingerprint density at radius 2 is 1.88 bits per heavy atom. The van der Waals surface area contributed by atoms with Crippen LogP contribution in [0.25, 0.3) is 0 Å². The molecule has 2 aromatic carbocycles. The summed E-state index contributed by atoms with van der Waals surface area (Å²) in [6.07, 6.45) is 1.56. The van der Waals surface area contributed by atoms with Crippen molar-refractivity contribution >= 4 is 17.5 Å². The number of rotatable bonds is 6. The summed E-state index contributed by atoms with van der Waals surface area (Å²) in [4.78, 5) is 28.6. The zero-order chi connectivity index (χ0) is 23.6. The Balaban J connectivity index is 1.62. The predicted molar refractivity (Wildman–Crippen MR) is 121 cm³/mol. The molecule has 2 aromatic rings. The van der Waals surface area contributed by atoms with Crippen molar-refractivity contribution in [2.24, 2.45) is 5.10 Å². The van der Waals surface area contributed by atoms with Crippen molar-refractivity contribution < 1.29 is 18.4 Å². The van der Waals surface area contributed by atoms with Gasteiger partial charge in [-0.25, -0.2) is 13.8 Å². The number of carbonyl (C=O) groups excluding carboxylic acids is 2. The molecule has 6 nitrogen and oxygen atoms in total. The molecular formula is C25H28F2N4O2. The minimum absolute atomic E-state index is 0.0729. The van der Waals surface area contributed by atoms with E-state index >= 15 is 0 Å². The third-order valence-electron chi connectivity index (χ3n) is 6.54. The molecule has 0 bridgehead atoms. The lowest BCUT2D eigenvalue weighted by atomic mass is 9.80. The van der Waals surface area contributed by atoms with E-state index in [1.165, 1.54) is 11.9 Å². The summed E-state index contributed by atoms with van der Waals surface area (Å²) in [5.41, 5.74) is 0.507. The Bertz CT molecular complexity index is 1080. The highest BCUT2D eigenvalue weighted by atomic mass is 19.1. The minimum atomic E-state index is -0.808. The Morgan fingerprint density at radius 3 is 2.58 bits per heavy atom. The molecule has 2 aliphatic rings. The topological polar surface area (TPSA) is 56.2 Å². The number of hydrazone groups is 1. The second kappa shape index (κ2) is 9.39. The summed E-state index contributed by atoms with van der Waals surface area (Å²) in [5.74, 6) is -1.29. The summed E-state index contributed by atoms with van der Waals surface area (Å²) in [7, 11) is 1.80. The Kier molecular flexibility index (Phi) is 6.56. The van der Waals surface area contributed by atoms with E-state index in [-0.39, 0.29) is 23.8 Å². The van der Waals surface area contributed by atoms with Crippen molar-refractivity contribution in [2.45, 2.75) is 31.7 Å². The van der Waals surface area contributed by atoms with E-state index in [2.05, 4.69) is 10.0 Å². The second-order valence-corrected chi connectivity index (χ2v) is 8.77. The van der Waals surface area contributed by atoms with Crippen LogP contribution >= 0.6 is 0 Å². The molecule has 2 amide bonds. The molecule has 0 N–H and O–H groups in total. The summed E-state index contributed by atoms with van der Waals surface area (Å²) in [6.45, 7) is 4.00. The van der Waals surface area contributed by atoms with Gasteiger partial charge in [0.05, 0.1) is 17.8 Å². The van der Waals surface area contributed by atoms with E-state index in [0.717, 1.165) is 30.3 Å².